The highest BCUT2D eigenvalue weighted by Gasteiger charge is 2.17. The minimum atomic E-state index is -0.421. The maximum atomic E-state index is 11.9. The number of Topliss-reactive ketones (excluding diaryl/α,β-unsaturated/α-hetero) is 1. The quantitative estimate of drug-likeness (QED) is 0.771. The Kier molecular flexibility index (Phi) is 5.67. The van der Waals surface area contributed by atoms with Crippen molar-refractivity contribution < 1.29 is 23.8 Å². The summed E-state index contributed by atoms with van der Waals surface area (Å²) in [5.41, 5.74) is 0.417. The summed E-state index contributed by atoms with van der Waals surface area (Å²) in [5, 5.41) is 2.54. The van der Waals surface area contributed by atoms with Gasteiger partial charge in [0.1, 0.15) is 0 Å². The van der Waals surface area contributed by atoms with Crippen LogP contribution in [0.1, 0.15) is 17.3 Å². The molecule has 0 atom stereocenters. The van der Waals surface area contributed by atoms with E-state index in [0.717, 1.165) is 0 Å². The van der Waals surface area contributed by atoms with E-state index in [1.807, 2.05) is 0 Å². The zero-order valence-electron chi connectivity index (χ0n) is 13.5. The van der Waals surface area contributed by atoms with Crippen molar-refractivity contribution in [3.05, 3.63) is 36.3 Å². The third kappa shape index (κ3) is 4.19. The molecule has 0 saturated carbocycles. The van der Waals surface area contributed by atoms with Crippen molar-refractivity contribution in [1.82, 2.24) is 9.97 Å². The Morgan fingerprint density at radius 1 is 1.12 bits per heavy atom. The molecule has 1 aromatic carbocycles. The number of ketones is 1. The number of aromatic nitrogens is 2. The van der Waals surface area contributed by atoms with Gasteiger partial charge in [-0.05, 0) is 19.1 Å². The van der Waals surface area contributed by atoms with Crippen molar-refractivity contribution in [2.24, 2.45) is 0 Å². The van der Waals surface area contributed by atoms with Crippen LogP contribution in [0.15, 0.2) is 30.7 Å². The fraction of sp³-hybridized carbons (Fsp3) is 0.250. The predicted molar refractivity (Wildman–Crippen MR) is 85.7 cm³/mol. The largest absolute Gasteiger partial charge is 0.493 e. The molecule has 0 fully saturated rings. The summed E-state index contributed by atoms with van der Waals surface area (Å²) in [6.07, 6.45) is 4.38. The van der Waals surface area contributed by atoms with E-state index in [1.54, 1.807) is 0 Å². The van der Waals surface area contributed by atoms with Crippen LogP contribution in [0.4, 0.5) is 5.82 Å². The van der Waals surface area contributed by atoms with Crippen molar-refractivity contribution in [2.45, 2.75) is 6.92 Å². The van der Waals surface area contributed by atoms with E-state index < -0.39 is 5.91 Å². The number of carbonyl (C=O) groups is 2. The second-order valence-electron chi connectivity index (χ2n) is 4.69. The van der Waals surface area contributed by atoms with Gasteiger partial charge in [-0.1, -0.05) is 0 Å². The molecule has 8 heteroatoms. The molecule has 0 aliphatic rings. The first-order chi connectivity index (χ1) is 11.5. The highest BCUT2D eigenvalue weighted by Crippen LogP contribution is 2.38. The molecule has 1 heterocycles. The number of nitrogens with one attached hydrogen (secondary N) is 1. The van der Waals surface area contributed by atoms with Gasteiger partial charge in [0.25, 0.3) is 5.91 Å². The average molecular weight is 331 g/mol. The number of benzene rings is 1. The fourth-order valence-electron chi connectivity index (χ4n) is 1.91. The van der Waals surface area contributed by atoms with Crippen LogP contribution in [0, 0.1) is 0 Å². The second-order valence-corrected chi connectivity index (χ2v) is 4.69. The van der Waals surface area contributed by atoms with Gasteiger partial charge in [0, 0.05) is 18.0 Å². The van der Waals surface area contributed by atoms with E-state index in [4.69, 9.17) is 14.2 Å². The molecule has 8 nitrogen and oxygen atoms in total. The first-order valence-electron chi connectivity index (χ1n) is 7.00. The predicted octanol–water partition coefficient (Wildman–Crippen LogP) is 1.71. The summed E-state index contributed by atoms with van der Waals surface area (Å²) in [6, 6.07) is 3.06. The highest BCUT2D eigenvalue weighted by atomic mass is 16.5. The molecule has 0 bridgehead atoms. The minimum absolute atomic E-state index is 0.140. The lowest BCUT2D eigenvalue weighted by Crippen LogP contribution is -2.21. The van der Waals surface area contributed by atoms with Gasteiger partial charge in [-0.15, -0.1) is 0 Å². The molecule has 0 aliphatic carbocycles. The Bertz CT molecular complexity index is 709. The normalized spacial score (nSPS) is 9.96. The standard InChI is InChI=1S/C16H17N3O5/c1-10(20)11-6-12(22-2)16(13(7-11)23-3)24-9-15(21)19-14-8-17-4-5-18-14/h4-8H,9H2,1-3H3,(H,18,19,21). The molecule has 0 spiro atoms. The molecule has 0 radical (unpaired) electrons. The molecule has 2 aromatic rings. The number of ether oxygens (including phenoxy) is 3. The van der Waals surface area contributed by atoms with Crippen molar-refractivity contribution >= 4 is 17.5 Å². The molecule has 0 unspecified atom stereocenters. The average Bonchev–Trinajstić information content (AvgIpc) is 2.59. The second kappa shape index (κ2) is 7.91. The van der Waals surface area contributed by atoms with Gasteiger partial charge in [0.05, 0.1) is 20.4 Å². The van der Waals surface area contributed by atoms with Crippen LogP contribution < -0.4 is 19.5 Å². The monoisotopic (exact) mass is 331 g/mol. The lowest BCUT2D eigenvalue weighted by Gasteiger charge is -2.15. The number of amides is 1. The van der Waals surface area contributed by atoms with E-state index in [-0.39, 0.29) is 18.1 Å². The Labute approximate surface area is 138 Å². The van der Waals surface area contributed by atoms with E-state index in [9.17, 15) is 9.59 Å². The van der Waals surface area contributed by atoms with Gasteiger partial charge in [0.2, 0.25) is 5.75 Å². The number of methoxy groups -OCH3 is 2. The van der Waals surface area contributed by atoms with Crippen LogP contribution in [0.3, 0.4) is 0 Å². The molecule has 126 valence electrons. The fourth-order valence-corrected chi connectivity index (χ4v) is 1.91. The smallest absolute Gasteiger partial charge is 0.263 e. The Balaban J connectivity index is 2.13. The van der Waals surface area contributed by atoms with E-state index >= 15 is 0 Å². The van der Waals surface area contributed by atoms with Crippen LogP contribution in [0.5, 0.6) is 17.2 Å². The van der Waals surface area contributed by atoms with E-state index in [1.165, 1.54) is 51.9 Å². The van der Waals surface area contributed by atoms with Gasteiger partial charge in [-0.2, -0.15) is 0 Å². The number of carbonyl (C=O) groups excluding carboxylic acids is 2. The number of rotatable bonds is 7. The van der Waals surface area contributed by atoms with Crippen LogP contribution in [-0.2, 0) is 4.79 Å². The topological polar surface area (TPSA) is 99.6 Å². The number of nitrogens with zero attached hydrogens (tertiary/aromatic N) is 2. The summed E-state index contributed by atoms with van der Waals surface area (Å²) < 4.78 is 15.9. The molecule has 2 rings (SSSR count). The molecule has 1 aromatic heterocycles. The summed E-state index contributed by atoms with van der Waals surface area (Å²) in [5.74, 6) is 0.587. The summed E-state index contributed by atoms with van der Waals surface area (Å²) >= 11 is 0. The van der Waals surface area contributed by atoms with Crippen LogP contribution in [-0.4, -0.2) is 42.5 Å². The Morgan fingerprint density at radius 2 is 1.79 bits per heavy atom. The van der Waals surface area contributed by atoms with Crippen molar-refractivity contribution in [2.75, 3.05) is 26.1 Å². The van der Waals surface area contributed by atoms with Gasteiger partial charge < -0.3 is 19.5 Å². The van der Waals surface area contributed by atoms with Gasteiger partial charge in [-0.25, -0.2) is 4.98 Å². The molecule has 1 N–H and O–H groups in total. The zero-order valence-corrected chi connectivity index (χ0v) is 13.5. The third-order valence-corrected chi connectivity index (χ3v) is 3.05. The van der Waals surface area contributed by atoms with Crippen LogP contribution in [0.2, 0.25) is 0 Å². The van der Waals surface area contributed by atoms with Gasteiger partial charge in [-0.3, -0.25) is 14.6 Å². The minimum Gasteiger partial charge on any atom is -0.493 e. The van der Waals surface area contributed by atoms with Crippen LogP contribution in [0.25, 0.3) is 0 Å². The van der Waals surface area contributed by atoms with E-state index in [0.29, 0.717) is 22.9 Å². The van der Waals surface area contributed by atoms with Crippen LogP contribution >= 0.6 is 0 Å². The highest BCUT2D eigenvalue weighted by molar-refractivity contribution is 5.95. The number of hydrogen-bond donors (Lipinski definition) is 1. The molecular formula is C16H17N3O5. The SMILES string of the molecule is COc1cc(C(C)=O)cc(OC)c1OCC(=O)Nc1cnccn1. The molecule has 0 saturated heterocycles. The van der Waals surface area contributed by atoms with Gasteiger partial charge >= 0.3 is 0 Å². The Hall–Kier alpha value is -3.16. The summed E-state index contributed by atoms with van der Waals surface area (Å²) in [6.45, 7) is 1.14. The molecule has 0 aliphatic heterocycles. The van der Waals surface area contributed by atoms with Crippen molar-refractivity contribution in [3.8, 4) is 17.2 Å². The lowest BCUT2D eigenvalue weighted by atomic mass is 10.1. The van der Waals surface area contributed by atoms with E-state index in [2.05, 4.69) is 15.3 Å². The number of anilines is 1. The van der Waals surface area contributed by atoms with Crippen molar-refractivity contribution in [3.63, 3.8) is 0 Å². The molecule has 1 amide bonds. The first kappa shape index (κ1) is 17.2. The maximum Gasteiger partial charge on any atom is 0.263 e. The van der Waals surface area contributed by atoms with Crippen molar-refractivity contribution in [1.29, 1.82) is 0 Å². The zero-order chi connectivity index (χ0) is 17.5. The lowest BCUT2D eigenvalue weighted by molar-refractivity contribution is -0.118. The first-order valence-corrected chi connectivity index (χ1v) is 7.00. The number of hydrogen-bond acceptors (Lipinski definition) is 7. The van der Waals surface area contributed by atoms with Gasteiger partial charge in [0.15, 0.2) is 29.7 Å². The summed E-state index contributed by atoms with van der Waals surface area (Å²) in [7, 11) is 2.87. The Morgan fingerprint density at radius 3 is 2.29 bits per heavy atom. The summed E-state index contributed by atoms with van der Waals surface area (Å²) in [4.78, 5) is 31.2. The third-order valence-electron chi connectivity index (χ3n) is 3.05. The molecule has 24 heavy (non-hydrogen) atoms. The maximum absolute atomic E-state index is 11.9. The molecular weight excluding hydrogens is 314 g/mol.